The second-order valence-corrected chi connectivity index (χ2v) is 5.63. The molecule has 0 saturated heterocycles. The molecule has 0 aromatic heterocycles. The largest absolute Gasteiger partial charge is 0.310 e. The van der Waals surface area contributed by atoms with Crippen molar-refractivity contribution < 1.29 is 8.78 Å². The molecule has 0 fully saturated rings. The first-order valence-electron chi connectivity index (χ1n) is 6.83. The normalized spacial score (nSPS) is 13.0. The van der Waals surface area contributed by atoms with Crippen molar-refractivity contribution >= 4 is 11.6 Å². The minimum atomic E-state index is -0.565. The van der Waals surface area contributed by atoms with E-state index < -0.39 is 11.6 Å². The molecule has 1 unspecified atom stereocenters. The second-order valence-electron chi connectivity index (χ2n) is 5.22. The molecule has 1 nitrogen and oxygen atoms in total. The van der Waals surface area contributed by atoms with Gasteiger partial charge in [0.1, 0.15) is 11.6 Å². The first kappa shape index (κ1) is 16.4. The van der Waals surface area contributed by atoms with Gasteiger partial charge in [0.15, 0.2) is 0 Å². The smallest absolute Gasteiger partial charge is 0.142 e. The van der Waals surface area contributed by atoms with Crippen molar-refractivity contribution in [2.75, 3.05) is 6.54 Å². The zero-order valence-electron chi connectivity index (χ0n) is 11.8. The van der Waals surface area contributed by atoms with E-state index in [2.05, 4.69) is 19.2 Å². The van der Waals surface area contributed by atoms with Gasteiger partial charge in [0.2, 0.25) is 0 Å². The van der Waals surface area contributed by atoms with Crippen LogP contribution in [0.1, 0.15) is 51.6 Å². The molecule has 0 heterocycles. The minimum absolute atomic E-state index is 0.157. The quantitative estimate of drug-likeness (QED) is 0.689. The van der Waals surface area contributed by atoms with Gasteiger partial charge >= 0.3 is 0 Å². The van der Waals surface area contributed by atoms with Crippen LogP contribution >= 0.6 is 11.6 Å². The van der Waals surface area contributed by atoms with Gasteiger partial charge in [-0.3, -0.25) is 0 Å². The molecule has 0 radical (unpaired) electrons. The Balaban J connectivity index is 2.83. The van der Waals surface area contributed by atoms with Gasteiger partial charge < -0.3 is 5.32 Å². The van der Waals surface area contributed by atoms with Crippen LogP contribution in [0.5, 0.6) is 0 Å². The summed E-state index contributed by atoms with van der Waals surface area (Å²) >= 11 is 5.58. The lowest BCUT2D eigenvalue weighted by Crippen LogP contribution is -2.22. The van der Waals surface area contributed by atoms with E-state index in [4.69, 9.17) is 11.6 Å². The zero-order chi connectivity index (χ0) is 14.4. The fourth-order valence-electron chi connectivity index (χ4n) is 2.15. The van der Waals surface area contributed by atoms with E-state index in [1.54, 1.807) is 0 Å². The van der Waals surface area contributed by atoms with E-state index >= 15 is 0 Å². The molecule has 0 aliphatic heterocycles. The van der Waals surface area contributed by atoms with Crippen LogP contribution in [0, 0.1) is 17.6 Å². The summed E-state index contributed by atoms with van der Waals surface area (Å²) < 4.78 is 27.4. The van der Waals surface area contributed by atoms with Crippen molar-refractivity contribution in [3.63, 3.8) is 0 Å². The van der Waals surface area contributed by atoms with Crippen molar-refractivity contribution in [3.05, 3.63) is 34.4 Å². The Morgan fingerprint density at radius 1 is 1.16 bits per heavy atom. The van der Waals surface area contributed by atoms with Crippen molar-refractivity contribution in [1.82, 2.24) is 5.32 Å². The topological polar surface area (TPSA) is 12.0 Å². The Morgan fingerprint density at radius 3 is 2.42 bits per heavy atom. The van der Waals surface area contributed by atoms with Gasteiger partial charge in [0.25, 0.3) is 0 Å². The van der Waals surface area contributed by atoms with Crippen LogP contribution in [0.4, 0.5) is 8.78 Å². The Morgan fingerprint density at radius 2 is 1.84 bits per heavy atom. The number of benzene rings is 1. The molecular formula is C15H22ClF2N. The molecule has 0 aliphatic rings. The zero-order valence-corrected chi connectivity index (χ0v) is 12.5. The standard InChI is InChI=1S/C15H22ClF2N/c1-4-19-15(7-5-6-10(2)3)11-8-14(18)12(16)9-13(11)17/h8-10,15,19H,4-7H2,1-3H3. The first-order valence-corrected chi connectivity index (χ1v) is 7.21. The summed E-state index contributed by atoms with van der Waals surface area (Å²) in [5, 5.41) is 3.04. The highest BCUT2D eigenvalue weighted by atomic mass is 35.5. The Labute approximate surface area is 119 Å². The molecule has 0 spiro atoms. The van der Waals surface area contributed by atoms with Gasteiger partial charge in [-0.25, -0.2) is 8.78 Å². The van der Waals surface area contributed by atoms with Crippen molar-refractivity contribution in [3.8, 4) is 0 Å². The third-order valence-electron chi connectivity index (χ3n) is 3.14. The molecule has 4 heteroatoms. The lowest BCUT2D eigenvalue weighted by atomic mass is 9.97. The molecular weight excluding hydrogens is 268 g/mol. The maximum Gasteiger partial charge on any atom is 0.142 e. The van der Waals surface area contributed by atoms with Crippen molar-refractivity contribution in [2.45, 2.75) is 46.1 Å². The molecule has 0 saturated carbocycles. The molecule has 0 amide bonds. The van der Waals surface area contributed by atoms with Crippen molar-refractivity contribution in [2.24, 2.45) is 5.92 Å². The Hall–Kier alpha value is -0.670. The highest BCUT2D eigenvalue weighted by Crippen LogP contribution is 2.27. The fourth-order valence-corrected chi connectivity index (χ4v) is 2.30. The molecule has 19 heavy (non-hydrogen) atoms. The van der Waals surface area contributed by atoms with Gasteiger partial charge in [-0.15, -0.1) is 0 Å². The molecule has 1 aromatic rings. The minimum Gasteiger partial charge on any atom is -0.310 e. The maximum atomic E-state index is 13.9. The monoisotopic (exact) mass is 289 g/mol. The fraction of sp³-hybridized carbons (Fsp3) is 0.600. The number of halogens is 3. The summed E-state index contributed by atoms with van der Waals surface area (Å²) in [5.41, 5.74) is 0.368. The molecule has 108 valence electrons. The van der Waals surface area contributed by atoms with E-state index in [9.17, 15) is 8.78 Å². The average molecular weight is 290 g/mol. The van der Waals surface area contributed by atoms with Gasteiger partial charge in [-0.2, -0.15) is 0 Å². The highest BCUT2D eigenvalue weighted by Gasteiger charge is 2.17. The number of nitrogens with one attached hydrogen (secondary N) is 1. The lowest BCUT2D eigenvalue weighted by Gasteiger charge is -2.20. The molecule has 1 rings (SSSR count). The van der Waals surface area contributed by atoms with Crippen LogP contribution in [0.25, 0.3) is 0 Å². The van der Waals surface area contributed by atoms with E-state index in [1.165, 1.54) is 6.07 Å². The summed E-state index contributed by atoms with van der Waals surface area (Å²) in [6.45, 7) is 6.99. The predicted molar refractivity (Wildman–Crippen MR) is 76.5 cm³/mol. The third kappa shape index (κ3) is 5.07. The van der Waals surface area contributed by atoms with E-state index in [-0.39, 0.29) is 11.1 Å². The highest BCUT2D eigenvalue weighted by molar-refractivity contribution is 6.30. The van der Waals surface area contributed by atoms with Gasteiger partial charge in [-0.1, -0.05) is 45.2 Å². The van der Waals surface area contributed by atoms with Gasteiger partial charge in [-0.05, 0) is 31.0 Å². The van der Waals surface area contributed by atoms with E-state index in [1.807, 2.05) is 6.92 Å². The number of hydrogen-bond donors (Lipinski definition) is 1. The third-order valence-corrected chi connectivity index (χ3v) is 3.43. The predicted octanol–water partition coefficient (Wildman–Crippen LogP) is 5.10. The average Bonchev–Trinajstić information content (AvgIpc) is 2.32. The lowest BCUT2D eigenvalue weighted by molar-refractivity contribution is 0.438. The SMILES string of the molecule is CCNC(CCCC(C)C)c1cc(F)c(Cl)cc1F. The first-order chi connectivity index (χ1) is 8.95. The van der Waals surface area contributed by atoms with Gasteiger partial charge in [0.05, 0.1) is 5.02 Å². The maximum absolute atomic E-state index is 13.9. The molecule has 0 aliphatic carbocycles. The van der Waals surface area contributed by atoms with Crippen LogP contribution in [-0.4, -0.2) is 6.54 Å². The van der Waals surface area contributed by atoms with E-state index in [0.717, 1.165) is 31.9 Å². The van der Waals surface area contributed by atoms with Crippen molar-refractivity contribution in [1.29, 1.82) is 0 Å². The molecule has 1 atom stereocenters. The second kappa shape index (κ2) is 7.81. The summed E-state index contributed by atoms with van der Waals surface area (Å²) in [6.07, 6.45) is 2.86. The van der Waals surface area contributed by atoms with Crippen LogP contribution in [-0.2, 0) is 0 Å². The summed E-state index contributed by atoms with van der Waals surface area (Å²) in [7, 11) is 0. The Kier molecular flexibility index (Phi) is 6.73. The summed E-state index contributed by atoms with van der Waals surface area (Å²) in [6, 6.07) is 2.11. The molecule has 1 aromatic carbocycles. The Bertz CT molecular complexity index is 407. The molecule has 1 N–H and O–H groups in total. The molecule has 0 bridgehead atoms. The van der Waals surface area contributed by atoms with Crippen LogP contribution in [0.15, 0.2) is 12.1 Å². The van der Waals surface area contributed by atoms with Crippen LogP contribution in [0.2, 0.25) is 5.02 Å². The number of hydrogen-bond acceptors (Lipinski definition) is 1. The van der Waals surface area contributed by atoms with Crippen LogP contribution < -0.4 is 5.32 Å². The van der Waals surface area contributed by atoms with Crippen LogP contribution in [0.3, 0.4) is 0 Å². The van der Waals surface area contributed by atoms with E-state index in [0.29, 0.717) is 11.5 Å². The summed E-state index contributed by atoms with van der Waals surface area (Å²) in [5.74, 6) is -0.388. The van der Waals surface area contributed by atoms with Gasteiger partial charge in [0, 0.05) is 11.6 Å². The number of rotatable bonds is 7. The summed E-state index contributed by atoms with van der Waals surface area (Å²) in [4.78, 5) is 0.